The second kappa shape index (κ2) is 8.02. The van der Waals surface area contributed by atoms with Gasteiger partial charge in [-0.2, -0.15) is 17.5 Å². The lowest BCUT2D eigenvalue weighted by Gasteiger charge is -2.38. The summed E-state index contributed by atoms with van der Waals surface area (Å²) in [6.07, 6.45) is -3.23. The predicted octanol–water partition coefficient (Wildman–Crippen LogP) is 3.20. The molecule has 1 amide bonds. The van der Waals surface area contributed by atoms with Gasteiger partial charge in [-0.3, -0.25) is 4.79 Å². The number of sulfonamides is 1. The molecule has 2 saturated heterocycles. The van der Waals surface area contributed by atoms with E-state index in [0.29, 0.717) is 25.8 Å². The van der Waals surface area contributed by atoms with Gasteiger partial charge in [-0.05, 0) is 44.7 Å². The van der Waals surface area contributed by atoms with Crippen molar-refractivity contribution in [1.82, 2.24) is 9.21 Å². The summed E-state index contributed by atoms with van der Waals surface area (Å²) in [4.78, 5) is 14.2. The molecular weight excluding hydrogens is 393 g/mol. The number of nitrogens with zero attached hydrogens (tertiary/aromatic N) is 2. The Balaban J connectivity index is 1.60. The highest BCUT2D eigenvalue weighted by molar-refractivity contribution is 7.89. The minimum atomic E-state index is -4.29. The van der Waals surface area contributed by atoms with Gasteiger partial charge in [0.1, 0.15) is 0 Å². The molecule has 2 aliphatic heterocycles. The SMILES string of the molecule is Cc1ccc(S(=O)(=O)N2CCC(C(=O)N3CCC[C@H](C(F)(F)F)C3)CC2)cc1. The highest BCUT2D eigenvalue weighted by Gasteiger charge is 2.44. The smallest absolute Gasteiger partial charge is 0.342 e. The lowest BCUT2D eigenvalue weighted by atomic mass is 9.92. The van der Waals surface area contributed by atoms with Crippen molar-refractivity contribution in [3.63, 3.8) is 0 Å². The fraction of sp³-hybridized carbons (Fsp3) is 0.632. The van der Waals surface area contributed by atoms with Crippen molar-refractivity contribution in [3.05, 3.63) is 29.8 Å². The fourth-order valence-corrected chi connectivity index (χ4v) is 5.37. The number of alkyl halides is 3. The summed E-state index contributed by atoms with van der Waals surface area (Å²) >= 11 is 0. The molecule has 5 nitrogen and oxygen atoms in total. The molecule has 2 aliphatic rings. The maximum Gasteiger partial charge on any atom is 0.393 e. The molecule has 0 N–H and O–H groups in total. The molecular formula is C19H25F3N2O3S. The zero-order valence-electron chi connectivity index (χ0n) is 15.8. The minimum absolute atomic E-state index is 0.0561. The molecule has 0 aromatic heterocycles. The largest absolute Gasteiger partial charge is 0.393 e. The van der Waals surface area contributed by atoms with E-state index in [9.17, 15) is 26.4 Å². The second-order valence-corrected chi connectivity index (χ2v) is 9.59. The Morgan fingerprint density at radius 1 is 1.04 bits per heavy atom. The molecule has 9 heteroatoms. The maximum atomic E-state index is 13.0. The average Bonchev–Trinajstić information content (AvgIpc) is 2.67. The molecule has 2 heterocycles. The number of aryl methyl sites for hydroxylation is 1. The number of carbonyl (C=O) groups excluding carboxylic acids is 1. The fourth-order valence-electron chi connectivity index (χ4n) is 3.91. The summed E-state index contributed by atoms with van der Waals surface area (Å²) in [7, 11) is -3.62. The summed E-state index contributed by atoms with van der Waals surface area (Å²) in [5.41, 5.74) is 0.960. The Kier molecular flexibility index (Phi) is 6.05. The zero-order valence-corrected chi connectivity index (χ0v) is 16.6. The zero-order chi connectivity index (χ0) is 20.5. The number of rotatable bonds is 3. The van der Waals surface area contributed by atoms with Crippen LogP contribution in [0.2, 0.25) is 0 Å². The summed E-state index contributed by atoms with van der Waals surface area (Å²) < 4.78 is 65.8. The van der Waals surface area contributed by atoms with Gasteiger partial charge in [0.15, 0.2) is 0 Å². The third-order valence-corrected chi connectivity index (χ3v) is 7.57. The molecule has 0 bridgehead atoms. The van der Waals surface area contributed by atoms with Crippen LogP contribution in [0.5, 0.6) is 0 Å². The van der Waals surface area contributed by atoms with E-state index in [1.165, 1.54) is 9.21 Å². The van der Waals surface area contributed by atoms with Gasteiger partial charge < -0.3 is 4.90 Å². The molecule has 1 aromatic carbocycles. The summed E-state index contributed by atoms with van der Waals surface area (Å²) in [5, 5.41) is 0. The highest BCUT2D eigenvalue weighted by Crippen LogP contribution is 2.34. The molecule has 0 radical (unpaired) electrons. The molecule has 2 fully saturated rings. The molecule has 0 saturated carbocycles. The lowest BCUT2D eigenvalue weighted by molar-refractivity contribution is -0.188. The van der Waals surface area contributed by atoms with E-state index in [-0.39, 0.29) is 36.9 Å². The Morgan fingerprint density at radius 3 is 2.21 bits per heavy atom. The maximum absolute atomic E-state index is 13.0. The van der Waals surface area contributed by atoms with Crippen molar-refractivity contribution in [2.75, 3.05) is 26.2 Å². The van der Waals surface area contributed by atoms with Gasteiger partial charge in [0.25, 0.3) is 0 Å². The standard InChI is InChI=1S/C19H25F3N2O3S/c1-14-4-6-17(7-5-14)28(26,27)24-11-8-15(9-12-24)18(25)23-10-2-3-16(13-23)19(20,21)22/h4-7,15-16H,2-3,8-13H2,1H3/t16-/m0/s1. The van der Waals surface area contributed by atoms with Crippen LogP contribution in [0.25, 0.3) is 0 Å². The van der Waals surface area contributed by atoms with Gasteiger partial charge in [-0.15, -0.1) is 0 Å². The van der Waals surface area contributed by atoms with Crippen LogP contribution in [0.4, 0.5) is 13.2 Å². The van der Waals surface area contributed by atoms with E-state index in [0.717, 1.165) is 5.56 Å². The van der Waals surface area contributed by atoms with Gasteiger partial charge in [0.2, 0.25) is 15.9 Å². The number of benzene rings is 1. The topological polar surface area (TPSA) is 57.7 Å². The lowest BCUT2D eigenvalue weighted by Crippen LogP contribution is -2.49. The quantitative estimate of drug-likeness (QED) is 0.758. The van der Waals surface area contributed by atoms with E-state index in [1.54, 1.807) is 24.3 Å². The van der Waals surface area contributed by atoms with E-state index in [1.807, 2.05) is 6.92 Å². The van der Waals surface area contributed by atoms with Crippen LogP contribution in [0.1, 0.15) is 31.2 Å². The van der Waals surface area contributed by atoms with E-state index in [2.05, 4.69) is 0 Å². The number of carbonyl (C=O) groups is 1. The van der Waals surface area contributed by atoms with Crippen molar-refractivity contribution in [2.24, 2.45) is 11.8 Å². The third kappa shape index (κ3) is 4.51. The van der Waals surface area contributed by atoms with Gasteiger partial charge >= 0.3 is 6.18 Å². The van der Waals surface area contributed by atoms with Crippen LogP contribution in [0.15, 0.2) is 29.2 Å². The van der Waals surface area contributed by atoms with Crippen LogP contribution >= 0.6 is 0 Å². The van der Waals surface area contributed by atoms with Gasteiger partial charge in [0, 0.05) is 32.1 Å². The Labute approximate surface area is 163 Å². The molecule has 156 valence electrons. The van der Waals surface area contributed by atoms with Gasteiger partial charge in [0.05, 0.1) is 10.8 Å². The van der Waals surface area contributed by atoms with E-state index >= 15 is 0 Å². The summed E-state index contributed by atoms with van der Waals surface area (Å²) in [5.74, 6) is -2.16. The molecule has 0 spiro atoms. The van der Waals surface area contributed by atoms with Crippen molar-refractivity contribution >= 4 is 15.9 Å². The molecule has 1 aromatic rings. The number of halogens is 3. The van der Waals surface area contributed by atoms with Crippen LogP contribution < -0.4 is 0 Å². The predicted molar refractivity (Wildman–Crippen MR) is 98.0 cm³/mol. The number of likely N-dealkylation sites (tertiary alicyclic amines) is 1. The first kappa shape index (κ1) is 21.1. The third-order valence-electron chi connectivity index (χ3n) is 5.66. The number of hydrogen-bond donors (Lipinski definition) is 0. The summed E-state index contributed by atoms with van der Waals surface area (Å²) in [6, 6.07) is 6.59. The number of hydrogen-bond acceptors (Lipinski definition) is 3. The molecule has 3 rings (SSSR count). The Morgan fingerprint density at radius 2 is 1.64 bits per heavy atom. The van der Waals surface area contributed by atoms with Crippen molar-refractivity contribution in [1.29, 1.82) is 0 Å². The minimum Gasteiger partial charge on any atom is -0.342 e. The summed E-state index contributed by atoms with van der Waals surface area (Å²) in [6.45, 7) is 2.32. The van der Waals surface area contributed by atoms with Crippen molar-refractivity contribution in [2.45, 2.75) is 43.7 Å². The monoisotopic (exact) mass is 418 g/mol. The number of piperidine rings is 2. The van der Waals surface area contributed by atoms with Crippen LogP contribution in [-0.4, -0.2) is 55.9 Å². The van der Waals surface area contributed by atoms with Crippen LogP contribution in [-0.2, 0) is 14.8 Å². The second-order valence-electron chi connectivity index (χ2n) is 7.66. The first-order valence-electron chi connectivity index (χ1n) is 9.51. The van der Waals surface area contributed by atoms with E-state index < -0.39 is 28.0 Å². The van der Waals surface area contributed by atoms with Crippen LogP contribution in [0.3, 0.4) is 0 Å². The Hall–Kier alpha value is -1.61. The van der Waals surface area contributed by atoms with Gasteiger partial charge in [-0.25, -0.2) is 8.42 Å². The highest BCUT2D eigenvalue weighted by atomic mass is 32.2. The van der Waals surface area contributed by atoms with E-state index in [4.69, 9.17) is 0 Å². The number of amides is 1. The first-order chi connectivity index (χ1) is 13.1. The normalized spacial score (nSPS) is 23.0. The van der Waals surface area contributed by atoms with Crippen molar-refractivity contribution in [3.8, 4) is 0 Å². The Bertz CT molecular complexity index is 801. The van der Waals surface area contributed by atoms with Crippen molar-refractivity contribution < 1.29 is 26.4 Å². The molecule has 1 atom stereocenters. The first-order valence-corrected chi connectivity index (χ1v) is 11.0. The average molecular weight is 418 g/mol. The molecule has 0 unspecified atom stereocenters. The van der Waals surface area contributed by atoms with Crippen LogP contribution in [0, 0.1) is 18.8 Å². The molecule has 28 heavy (non-hydrogen) atoms. The van der Waals surface area contributed by atoms with Gasteiger partial charge in [-0.1, -0.05) is 17.7 Å². The molecule has 0 aliphatic carbocycles.